The van der Waals surface area contributed by atoms with Crippen LogP contribution in [-0.2, 0) is 9.53 Å². The van der Waals surface area contributed by atoms with Crippen LogP contribution < -0.4 is 10.1 Å². The largest absolute Gasteiger partial charge is 0.497 e. The molecule has 1 fully saturated rings. The van der Waals surface area contributed by atoms with Crippen molar-refractivity contribution in [1.29, 1.82) is 0 Å². The van der Waals surface area contributed by atoms with Crippen molar-refractivity contribution in [3.63, 3.8) is 0 Å². The summed E-state index contributed by atoms with van der Waals surface area (Å²) in [5.41, 5.74) is 0.310. The van der Waals surface area contributed by atoms with E-state index in [4.69, 9.17) is 9.47 Å². The fourth-order valence-corrected chi connectivity index (χ4v) is 1.73. The van der Waals surface area contributed by atoms with Crippen molar-refractivity contribution in [2.75, 3.05) is 26.8 Å². The molecule has 20 heavy (non-hydrogen) atoms. The van der Waals surface area contributed by atoms with Crippen LogP contribution in [-0.4, -0.2) is 49.6 Å². The molecular weight excluding hydrogens is 264 g/mol. The summed E-state index contributed by atoms with van der Waals surface area (Å²) < 4.78 is 9.84. The molecule has 3 amide bonds. The first-order valence-corrected chi connectivity index (χ1v) is 6.01. The first-order chi connectivity index (χ1) is 9.61. The van der Waals surface area contributed by atoms with E-state index >= 15 is 0 Å². The monoisotopic (exact) mass is 278 g/mol. The fourth-order valence-electron chi connectivity index (χ4n) is 1.73. The quantitative estimate of drug-likeness (QED) is 0.806. The predicted molar refractivity (Wildman–Crippen MR) is 68.4 cm³/mol. The summed E-state index contributed by atoms with van der Waals surface area (Å²) in [6.45, 7) is 0.243. The normalized spacial score (nSPS) is 13.8. The summed E-state index contributed by atoms with van der Waals surface area (Å²) in [5, 5.41) is 2.49. The lowest BCUT2D eigenvalue weighted by Crippen LogP contribution is -2.37. The van der Waals surface area contributed by atoms with E-state index in [1.807, 2.05) is 0 Å². The molecule has 7 heteroatoms. The number of carbonyl (C=O) groups excluding carboxylic acids is 3. The lowest BCUT2D eigenvalue weighted by molar-refractivity contribution is -0.130. The molecule has 0 radical (unpaired) electrons. The average molecular weight is 278 g/mol. The van der Waals surface area contributed by atoms with Crippen molar-refractivity contribution in [3.05, 3.63) is 29.8 Å². The minimum atomic E-state index is -0.624. The molecule has 0 atom stereocenters. The van der Waals surface area contributed by atoms with E-state index in [1.165, 1.54) is 19.2 Å². The summed E-state index contributed by atoms with van der Waals surface area (Å²) in [5.74, 6) is -0.547. The van der Waals surface area contributed by atoms with Gasteiger partial charge in [0.2, 0.25) is 0 Å². The van der Waals surface area contributed by atoms with Gasteiger partial charge in [-0.25, -0.2) is 9.59 Å². The molecule has 0 spiro atoms. The first kappa shape index (κ1) is 13.9. The average Bonchev–Trinajstić information content (AvgIpc) is 2.90. The van der Waals surface area contributed by atoms with E-state index in [0.29, 0.717) is 17.9 Å². The third-order valence-electron chi connectivity index (χ3n) is 2.81. The zero-order valence-electron chi connectivity index (χ0n) is 10.9. The van der Waals surface area contributed by atoms with E-state index in [2.05, 4.69) is 5.32 Å². The third-order valence-corrected chi connectivity index (χ3v) is 2.81. The van der Waals surface area contributed by atoms with Crippen LogP contribution in [0.25, 0.3) is 0 Å². The van der Waals surface area contributed by atoms with Crippen LogP contribution in [0, 0.1) is 0 Å². The Balaban J connectivity index is 1.88. The Labute approximate surface area is 115 Å². The number of benzene rings is 1. The molecule has 0 aromatic heterocycles. The number of nitrogens with zero attached hydrogens (tertiary/aromatic N) is 1. The molecule has 0 saturated carbocycles. The lowest BCUT2D eigenvalue weighted by Gasteiger charge is -2.12. The van der Waals surface area contributed by atoms with E-state index < -0.39 is 24.5 Å². The molecule has 7 nitrogen and oxygen atoms in total. The molecule has 0 aliphatic carbocycles. The van der Waals surface area contributed by atoms with Gasteiger partial charge in [-0.3, -0.25) is 9.69 Å². The molecule has 1 aliphatic rings. The SMILES string of the molecule is COc1ccc(C(=O)OCC(=O)N2CCNC2=O)cc1. The summed E-state index contributed by atoms with van der Waals surface area (Å²) in [7, 11) is 1.52. The summed E-state index contributed by atoms with van der Waals surface area (Å²) in [6, 6.07) is 5.84. The van der Waals surface area contributed by atoms with Gasteiger partial charge < -0.3 is 14.8 Å². The molecule has 1 heterocycles. The van der Waals surface area contributed by atoms with Gasteiger partial charge in [0.05, 0.1) is 12.7 Å². The number of esters is 1. The van der Waals surface area contributed by atoms with Crippen LogP contribution in [0.1, 0.15) is 10.4 Å². The Morgan fingerprint density at radius 2 is 2.00 bits per heavy atom. The zero-order valence-corrected chi connectivity index (χ0v) is 10.9. The number of ether oxygens (including phenoxy) is 2. The third kappa shape index (κ3) is 3.05. The fraction of sp³-hybridized carbons (Fsp3) is 0.308. The minimum absolute atomic E-state index is 0.289. The topological polar surface area (TPSA) is 84.9 Å². The van der Waals surface area contributed by atoms with Gasteiger partial charge in [0.25, 0.3) is 5.91 Å². The number of hydrogen-bond donors (Lipinski definition) is 1. The number of rotatable bonds is 4. The number of imide groups is 1. The van der Waals surface area contributed by atoms with Crippen molar-refractivity contribution < 1.29 is 23.9 Å². The second-order valence-electron chi connectivity index (χ2n) is 4.08. The number of amides is 3. The van der Waals surface area contributed by atoms with E-state index in [-0.39, 0.29) is 6.54 Å². The Bertz CT molecular complexity index is 526. The summed E-state index contributed by atoms with van der Waals surface area (Å²) in [4.78, 5) is 35.6. The van der Waals surface area contributed by atoms with Crippen LogP contribution in [0.15, 0.2) is 24.3 Å². The number of carbonyl (C=O) groups is 3. The summed E-state index contributed by atoms with van der Waals surface area (Å²) in [6.07, 6.45) is 0. The molecule has 1 aliphatic heterocycles. The predicted octanol–water partition coefficient (Wildman–Crippen LogP) is 0.404. The molecule has 0 unspecified atom stereocenters. The Hall–Kier alpha value is -2.57. The van der Waals surface area contributed by atoms with Crippen LogP contribution in [0.3, 0.4) is 0 Å². The van der Waals surface area contributed by atoms with Gasteiger partial charge in [-0.15, -0.1) is 0 Å². The number of nitrogens with one attached hydrogen (secondary N) is 1. The van der Waals surface area contributed by atoms with Crippen molar-refractivity contribution in [2.45, 2.75) is 0 Å². The number of urea groups is 1. The van der Waals surface area contributed by atoms with Crippen molar-refractivity contribution >= 4 is 17.9 Å². The maximum absolute atomic E-state index is 11.7. The highest BCUT2D eigenvalue weighted by Crippen LogP contribution is 2.12. The van der Waals surface area contributed by atoms with Crippen molar-refractivity contribution in [2.24, 2.45) is 0 Å². The molecule has 1 N–H and O–H groups in total. The van der Waals surface area contributed by atoms with E-state index in [9.17, 15) is 14.4 Å². The Kier molecular flexibility index (Phi) is 4.19. The smallest absolute Gasteiger partial charge is 0.338 e. The van der Waals surface area contributed by atoms with Gasteiger partial charge in [0.15, 0.2) is 6.61 Å². The van der Waals surface area contributed by atoms with Gasteiger partial charge in [-0.2, -0.15) is 0 Å². The Morgan fingerprint density at radius 3 is 2.55 bits per heavy atom. The standard InChI is InChI=1S/C13H14N2O5/c1-19-10-4-2-9(3-5-10)12(17)20-8-11(16)15-7-6-14-13(15)18/h2-5H,6-8H2,1H3,(H,14,18). The second kappa shape index (κ2) is 6.05. The van der Waals surface area contributed by atoms with Gasteiger partial charge in [0, 0.05) is 13.1 Å². The van der Waals surface area contributed by atoms with Crippen molar-refractivity contribution in [3.8, 4) is 5.75 Å². The lowest BCUT2D eigenvalue weighted by atomic mass is 10.2. The maximum Gasteiger partial charge on any atom is 0.338 e. The molecular formula is C13H14N2O5. The van der Waals surface area contributed by atoms with Crippen molar-refractivity contribution in [1.82, 2.24) is 10.2 Å². The maximum atomic E-state index is 11.7. The first-order valence-electron chi connectivity index (χ1n) is 6.01. The van der Waals surface area contributed by atoms with Crippen LogP contribution in [0.4, 0.5) is 4.79 Å². The molecule has 0 bridgehead atoms. The highest BCUT2D eigenvalue weighted by molar-refractivity contribution is 5.98. The minimum Gasteiger partial charge on any atom is -0.497 e. The number of hydrogen-bond acceptors (Lipinski definition) is 5. The van der Waals surface area contributed by atoms with E-state index in [1.54, 1.807) is 12.1 Å². The van der Waals surface area contributed by atoms with E-state index in [0.717, 1.165) is 4.90 Å². The molecule has 2 rings (SSSR count). The molecule has 1 aromatic carbocycles. The Morgan fingerprint density at radius 1 is 1.30 bits per heavy atom. The zero-order chi connectivity index (χ0) is 14.5. The van der Waals surface area contributed by atoms with Crippen LogP contribution in [0.5, 0.6) is 5.75 Å². The highest BCUT2D eigenvalue weighted by Gasteiger charge is 2.26. The molecule has 1 saturated heterocycles. The summed E-state index contributed by atoms with van der Waals surface area (Å²) >= 11 is 0. The van der Waals surface area contributed by atoms with Gasteiger partial charge in [-0.1, -0.05) is 0 Å². The van der Waals surface area contributed by atoms with Crippen LogP contribution >= 0.6 is 0 Å². The highest BCUT2D eigenvalue weighted by atomic mass is 16.5. The molecule has 106 valence electrons. The van der Waals surface area contributed by atoms with Gasteiger partial charge in [0.1, 0.15) is 5.75 Å². The molecule has 1 aromatic rings. The van der Waals surface area contributed by atoms with Gasteiger partial charge in [-0.05, 0) is 24.3 Å². The second-order valence-corrected chi connectivity index (χ2v) is 4.08. The van der Waals surface area contributed by atoms with Gasteiger partial charge >= 0.3 is 12.0 Å². The van der Waals surface area contributed by atoms with Crippen LogP contribution in [0.2, 0.25) is 0 Å². The number of methoxy groups -OCH3 is 1.